The largest absolute Gasteiger partial charge is 0.494 e. The summed E-state index contributed by atoms with van der Waals surface area (Å²) in [6, 6.07) is 4.00. The third kappa shape index (κ3) is 2.51. The van der Waals surface area contributed by atoms with Gasteiger partial charge in [-0.2, -0.15) is 0 Å². The molecule has 2 atom stereocenters. The number of ether oxygens (including phenoxy) is 1. The molecule has 0 aliphatic rings. The number of aliphatic hydroxyl groups excluding tert-OH is 1. The molecular weight excluding hydrogens is 209 g/mol. The summed E-state index contributed by atoms with van der Waals surface area (Å²) in [6.45, 7) is 3.67. The standard InChI is InChI=1S/C12H18FNO2/c1-7(2)12(15)11(14)8-5-4-6-9(16-3)10(8)13/h4-7,11-12,15H,14H2,1-3H3/t11-,12+/m0/s1. The molecule has 0 amide bonds. The number of hydrogen-bond acceptors (Lipinski definition) is 3. The molecule has 1 rings (SSSR count). The van der Waals surface area contributed by atoms with E-state index >= 15 is 0 Å². The Morgan fingerprint density at radius 3 is 2.50 bits per heavy atom. The van der Waals surface area contributed by atoms with Gasteiger partial charge in [0.2, 0.25) is 0 Å². The van der Waals surface area contributed by atoms with E-state index in [-0.39, 0.29) is 17.2 Å². The van der Waals surface area contributed by atoms with Gasteiger partial charge in [0, 0.05) is 5.56 Å². The van der Waals surface area contributed by atoms with Crippen LogP contribution in [0, 0.1) is 11.7 Å². The highest BCUT2D eigenvalue weighted by molar-refractivity contribution is 5.33. The molecule has 1 aromatic rings. The van der Waals surface area contributed by atoms with Crippen LogP contribution in [0.15, 0.2) is 18.2 Å². The summed E-state index contributed by atoms with van der Waals surface area (Å²) >= 11 is 0. The summed E-state index contributed by atoms with van der Waals surface area (Å²) in [5.74, 6) is -0.387. The van der Waals surface area contributed by atoms with Crippen LogP contribution in [-0.2, 0) is 0 Å². The lowest BCUT2D eigenvalue weighted by Gasteiger charge is -2.23. The van der Waals surface area contributed by atoms with Crippen LogP contribution in [0.3, 0.4) is 0 Å². The van der Waals surface area contributed by atoms with Gasteiger partial charge in [0.25, 0.3) is 0 Å². The molecule has 90 valence electrons. The quantitative estimate of drug-likeness (QED) is 0.825. The van der Waals surface area contributed by atoms with E-state index in [1.807, 2.05) is 13.8 Å². The Balaban J connectivity index is 3.04. The first-order valence-electron chi connectivity index (χ1n) is 5.25. The summed E-state index contributed by atoms with van der Waals surface area (Å²) in [6.07, 6.45) is -0.776. The Morgan fingerprint density at radius 2 is 2.00 bits per heavy atom. The van der Waals surface area contributed by atoms with Crippen LogP contribution in [-0.4, -0.2) is 18.3 Å². The minimum atomic E-state index is -0.776. The SMILES string of the molecule is COc1cccc([C@H](N)[C@H](O)C(C)C)c1F. The van der Waals surface area contributed by atoms with Crippen molar-refractivity contribution in [2.45, 2.75) is 26.0 Å². The lowest BCUT2D eigenvalue weighted by molar-refractivity contribution is 0.0964. The molecule has 16 heavy (non-hydrogen) atoms. The Hall–Kier alpha value is -1.13. The predicted molar refractivity (Wildman–Crippen MR) is 60.7 cm³/mol. The number of rotatable bonds is 4. The molecule has 1 aromatic carbocycles. The van der Waals surface area contributed by atoms with E-state index in [4.69, 9.17) is 10.5 Å². The molecule has 0 aliphatic heterocycles. The third-order valence-electron chi connectivity index (χ3n) is 2.62. The van der Waals surface area contributed by atoms with Crippen LogP contribution >= 0.6 is 0 Å². The normalized spacial score (nSPS) is 14.9. The van der Waals surface area contributed by atoms with Crippen LogP contribution in [0.2, 0.25) is 0 Å². The number of halogens is 1. The Morgan fingerprint density at radius 1 is 1.38 bits per heavy atom. The fourth-order valence-corrected chi connectivity index (χ4v) is 1.54. The summed E-state index contributed by atoms with van der Waals surface area (Å²) in [7, 11) is 1.40. The number of nitrogens with two attached hydrogens (primary N) is 1. The Kier molecular flexibility index (Phi) is 4.26. The summed E-state index contributed by atoms with van der Waals surface area (Å²) < 4.78 is 18.7. The van der Waals surface area contributed by atoms with Gasteiger partial charge < -0.3 is 15.6 Å². The first-order chi connectivity index (χ1) is 7.49. The molecule has 0 saturated carbocycles. The fourth-order valence-electron chi connectivity index (χ4n) is 1.54. The van der Waals surface area contributed by atoms with Crippen LogP contribution < -0.4 is 10.5 Å². The Labute approximate surface area is 95.0 Å². The van der Waals surface area contributed by atoms with E-state index < -0.39 is 18.0 Å². The van der Waals surface area contributed by atoms with Crippen molar-refractivity contribution in [3.8, 4) is 5.75 Å². The molecule has 0 aliphatic carbocycles. The highest BCUT2D eigenvalue weighted by Gasteiger charge is 2.24. The predicted octanol–water partition coefficient (Wildman–Crippen LogP) is 1.85. The fraction of sp³-hybridized carbons (Fsp3) is 0.500. The molecule has 0 heterocycles. The van der Waals surface area contributed by atoms with Gasteiger partial charge in [0.1, 0.15) is 0 Å². The average molecular weight is 227 g/mol. The first kappa shape index (κ1) is 12.9. The number of aliphatic hydroxyl groups is 1. The average Bonchev–Trinajstić information content (AvgIpc) is 2.27. The van der Waals surface area contributed by atoms with Crippen molar-refractivity contribution >= 4 is 0 Å². The van der Waals surface area contributed by atoms with Crippen molar-refractivity contribution in [1.29, 1.82) is 0 Å². The molecule has 3 nitrogen and oxygen atoms in total. The van der Waals surface area contributed by atoms with Gasteiger partial charge in [-0.05, 0) is 12.0 Å². The number of hydrogen-bond donors (Lipinski definition) is 2. The molecule has 0 fully saturated rings. The molecule has 0 aromatic heterocycles. The van der Waals surface area contributed by atoms with Crippen molar-refractivity contribution in [1.82, 2.24) is 0 Å². The van der Waals surface area contributed by atoms with Crippen LogP contribution in [0.5, 0.6) is 5.75 Å². The van der Waals surface area contributed by atoms with E-state index in [0.29, 0.717) is 0 Å². The van der Waals surface area contributed by atoms with Gasteiger partial charge in [-0.1, -0.05) is 26.0 Å². The van der Waals surface area contributed by atoms with Gasteiger partial charge in [0.05, 0.1) is 19.3 Å². The maximum Gasteiger partial charge on any atom is 0.169 e. The summed E-state index contributed by atoms with van der Waals surface area (Å²) in [5.41, 5.74) is 6.10. The molecule has 4 heteroatoms. The van der Waals surface area contributed by atoms with Crippen molar-refractivity contribution in [2.24, 2.45) is 11.7 Å². The molecule has 0 saturated heterocycles. The van der Waals surface area contributed by atoms with Crippen molar-refractivity contribution in [3.63, 3.8) is 0 Å². The van der Waals surface area contributed by atoms with E-state index in [1.54, 1.807) is 12.1 Å². The molecule has 3 N–H and O–H groups in total. The second-order valence-electron chi connectivity index (χ2n) is 4.12. The van der Waals surface area contributed by atoms with E-state index in [1.165, 1.54) is 13.2 Å². The second-order valence-corrected chi connectivity index (χ2v) is 4.12. The van der Waals surface area contributed by atoms with Crippen molar-refractivity contribution in [3.05, 3.63) is 29.6 Å². The lowest BCUT2D eigenvalue weighted by atomic mass is 9.94. The number of methoxy groups -OCH3 is 1. The molecule has 0 bridgehead atoms. The molecule has 0 spiro atoms. The number of benzene rings is 1. The molecule has 0 unspecified atom stereocenters. The maximum atomic E-state index is 13.8. The lowest BCUT2D eigenvalue weighted by Crippen LogP contribution is -2.31. The minimum absolute atomic E-state index is 0.0272. The van der Waals surface area contributed by atoms with Crippen LogP contribution in [0.4, 0.5) is 4.39 Å². The van der Waals surface area contributed by atoms with Gasteiger partial charge in [-0.3, -0.25) is 0 Å². The van der Waals surface area contributed by atoms with Gasteiger partial charge in [-0.25, -0.2) is 4.39 Å². The molecule has 0 radical (unpaired) electrons. The topological polar surface area (TPSA) is 55.5 Å². The van der Waals surface area contributed by atoms with Gasteiger partial charge in [-0.15, -0.1) is 0 Å². The maximum absolute atomic E-state index is 13.8. The summed E-state index contributed by atoms with van der Waals surface area (Å²) in [4.78, 5) is 0. The highest BCUT2D eigenvalue weighted by Crippen LogP contribution is 2.27. The van der Waals surface area contributed by atoms with E-state index in [9.17, 15) is 9.50 Å². The van der Waals surface area contributed by atoms with Gasteiger partial charge >= 0.3 is 0 Å². The van der Waals surface area contributed by atoms with E-state index in [0.717, 1.165) is 0 Å². The zero-order valence-electron chi connectivity index (χ0n) is 9.77. The zero-order valence-corrected chi connectivity index (χ0v) is 9.77. The smallest absolute Gasteiger partial charge is 0.169 e. The Bertz CT molecular complexity index is 355. The first-order valence-corrected chi connectivity index (χ1v) is 5.25. The second kappa shape index (κ2) is 5.27. The van der Waals surface area contributed by atoms with Crippen LogP contribution in [0.25, 0.3) is 0 Å². The third-order valence-corrected chi connectivity index (χ3v) is 2.62. The minimum Gasteiger partial charge on any atom is -0.494 e. The van der Waals surface area contributed by atoms with Crippen molar-refractivity contribution in [2.75, 3.05) is 7.11 Å². The zero-order chi connectivity index (χ0) is 12.3. The van der Waals surface area contributed by atoms with Gasteiger partial charge in [0.15, 0.2) is 11.6 Å². The summed E-state index contributed by atoms with van der Waals surface area (Å²) in [5, 5.41) is 9.80. The van der Waals surface area contributed by atoms with Crippen LogP contribution in [0.1, 0.15) is 25.5 Å². The monoisotopic (exact) mass is 227 g/mol. The molecular formula is C12H18FNO2. The van der Waals surface area contributed by atoms with Crippen molar-refractivity contribution < 1.29 is 14.2 Å². The van der Waals surface area contributed by atoms with E-state index in [2.05, 4.69) is 0 Å². The highest BCUT2D eigenvalue weighted by atomic mass is 19.1.